The van der Waals surface area contributed by atoms with E-state index in [4.69, 9.17) is 5.11 Å². The predicted octanol–water partition coefficient (Wildman–Crippen LogP) is 2.64. The van der Waals surface area contributed by atoms with Crippen molar-refractivity contribution in [2.45, 2.75) is 56.7 Å². The summed E-state index contributed by atoms with van der Waals surface area (Å²) in [7, 11) is 0. The Morgan fingerprint density at radius 1 is 1.58 bits per heavy atom. The molecule has 5 heteroatoms. The summed E-state index contributed by atoms with van der Waals surface area (Å²) in [6, 6.07) is 0.427. The van der Waals surface area contributed by atoms with Gasteiger partial charge in [0.15, 0.2) is 0 Å². The van der Waals surface area contributed by atoms with E-state index in [1.165, 1.54) is 11.8 Å². The molecule has 2 atom stereocenters. The van der Waals surface area contributed by atoms with E-state index in [1.807, 2.05) is 11.0 Å². The molecule has 0 aliphatic carbocycles. The molecule has 2 aliphatic heterocycles. The number of aliphatic carboxylic acids is 1. The highest BCUT2D eigenvalue weighted by molar-refractivity contribution is 8.04. The Morgan fingerprint density at radius 3 is 3.00 bits per heavy atom. The lowest BCUT2D eigenvalue weighted by atomic mass is 10.1. The highest BCUT2D eigenvalue weighted by atomic mass is 32.2. The lowest BCUT2D eigenvalue weighted by Crippen LogP contribution is -2.33. The Morgan fingerprint density at radius 2 is 2.37 bits per heavy atom. The largest absolute Gasteiger partial charge is 0.477 e. The van der Waals surface area contributed by atoms with Crippen LogP contribution in [0.25, 0.3) is 0 Å². The zero-order chi connectivity index (χ0) is 13.8. The number of hydrogen-bond acceptors (Lipinski definition) is 3. The van der Waals surface area contributed by atoms with Crippen molar-refractivity contribution >= 4 is 23.6 Å². The molecule has 0 aromatic rings. The lowest BCUT2D eigenvalue weighted by molar-refractivity contribution is -0.132. The molecule has 4 nitrogen and oxygen atoms in total. The smallest absolute Gasteiger partial charge is 0.341 e. The van der Waals surface area contributed by atoms with Crippen molar-refractivity contribution in [3.05, 3.63) is 11.0 Å². The van der Waals surface area contributed by atoms with Gasteiger partial charge in [0.1, 0.15) is 0 Å². The van der Waals surface area contributed by atoms with Crippen molar-refractivity contribution in [3.63, 3.8) is 0 Å². The average molecular weight is 283 g/mol. The fourth-order valence-corrected chi connectivity index (χ4v) is 3.97. The maximum Gasteiger partial charge on any atom is 0.341 e. The van der Waals surface area contributed by atoms with Crippen LogP contribution in [0, 0.1) is 0 Å². The number of rotatable bonds is 6. The third kappa shape index (κ3) is 3.53. The third-order valence-corrected chi connectivity index (χ3v) is 5.28. The monoisotopic (exact) mass is 283 g/mol. The molecule has 2 unspecified atom stereocenters. The molecule has 0 spiro atoms. The third-order valence-electron chi connectivity index (χ3n) is 3.92. The summed E-state index contributed by atoms with van der Waals surface area (Å²) in [6.07, 6.45) is 7.35. The van der Waals surface area contributed by atoms with Gasteiger partial charge in [0, 0.05) is 24.3 Å². The number of carbonyl (C=O) groups excluding carboxylic acids is 1. The highest BCUT2D eigenvalue weighted by Crippen LogP contribution is 2.35. The van der Waals surface area contributed by atoms with E-state index in [2.05, 4.69) is 6.92 Å². The molecule has 1 saturated heterocycles. The Kier molecular flexibility index (Phi) is 4.91. The molecule has 0 bridgehead atoms. The first-order valence-electron chi connectivity index (χ1n) is 7.01. The van der Waals surface area contributed by atoms with Gasteiger partial charge in [-0.25, -0.2) is 4.79 Å². The van der Waals surface area contributed by atoms with Gasteiger partial charge in [0.25, 0.3) is 0 Å². The number of hydrogen-bond donors (Lipinski definition) is 1. The molecule has 0 aromatic carbocycles. The van der Waals surface area contributed by atoms with E-state index in [-0.39, 0.29) is 5.91 Å². The molecule has 1 fully saturated rings. The molecule has 106 valence electrons. The minimum absolute atomic E-state index is 0.287. The lowest BCUT2D eigenvalue weighted by Gasteiger charge is -2.24. The number of nitrogens with zero attached hydrogens (tertiary/aromatic N) is 1. The molecule has 1 amide bonds. The number of carbonyl (C=O) groups is 2. The van der Waals surface area contributed by atoms with Gasteiger partial charge in [0.05, 0.1) is 4.91 Å². The van der Waals surface area contributed by atoms with E-state index >= 15 is 0 Å². The quantitative estimate of drug-likeness (QED) is 0.814. The number of carboxylic acid groups (broad SMARTS) is 1. The molecule has 1 N–H and O–H groups in total. The van der Waals surface area contributed by atoms with Gasteiger partial charge >= 0.3 is 5.97 Å². The SMILES string of the molecule is CCC1CCC(=O)N1CCCC1CC=C(C(=O)O)S1. The molecule has 0 saturated carbocycles. The minimum Gasteiger partial charge on any atom is -0.477 e. The fraction of sp³-hybridized carbons (Fsp3) is 0.714. The van der Waals surface area contributed by atoms with E-state index in [1.54, 1.807) is 0 Å². The number of allylic oxidation sites excluding steroid dienone is 1. The summed E-state index contributed by atoms with van der Waals surface area (Å²) in [5.74, 6) is -0.524. The van der Waals surface area contributed by atoms with Crippen molar-refractivity contribution in [1.82, 2.24) is 4.90 Å². The van der Waals surface area contributed by atoms with Crippen LogP contribution in [0.15, 0.2) is 11.0 Å². The molecule has 2 aliphatic rings. The van der Waals surface area contributed by atoms with Crippen LogP contribution in [-0.2, 0) is 9.59 Å². The van der Waals surface area contributed by atoms with Crippen LogP contribution in [0.2, 0.25) is 0 Å². The van der Waals surface area contributed by atoms with Crippen molar-refractivity contribution < 1.29 is 14.7 Å². The van der Waals surface area contributed by atoms with Gasteiger partial charge in [-0.3, -0.25) is 4.79 Å². The average Bonchev–Trinajstić information content (AvgIpc) is 2.98. The zero-order valence-electron chi connectivity index (χ0n) is 11.3. The van der Waals surface area contributed by atoms with Gasteiger partial charge < -0.3 is 10.0 Å². The standard InChI is InChI=1S/C14H21NO3S/c1-2-10-5-8-13(16)15(10)9-3-4-11-6-7-12(19-11)14(17)18/h7,10-11H,2-6,8-9H2,1H3,(H,17,18). The second-order valence-electron chi connectivity index (χ2n) is 5.18. The summed E-state index contributed by atoms with van der Waals surface area (Å²) in [6.45, 7) is 2.96. The Bertz CT molecular complexity index is 394. The van der Waals surface area contributed by atoms with Crippen LogP contribution >= 0.6 is 11.8 Å². The molecule has 2 heterocycles. The van der Waals surface area contributed by atoms with Gasteiger partial charge in [-0.2, -0.15) is 0 Å². The first kappa shape index (κ1) is 14.4. The van der Waals surface area contributed by atoms with Crippen LogP contribution in [0.1, 0.15) is 45.4 Å². The van der Waals surface area contributed by atoms with Crippen LogP contribution in [0.3, 0.4) is 0 Å². The van der Waals surface area contributed by atoms with E-state index in [9.17, 15) is 9.59 Å². The predicted molar refractivity (Wildman–Crippen MR) is 76.0 cm³/mol. The van der Waals surface area contributed by atoms with E-state index in [0.717, 1.165) is 38.6 Å². The van der Waals surface area contributed by atoms with Crippen LogP contribution in [0.5, 0.6) is 0 Å². The minimum atomic E-state index is -0.812. The van der Waals surface area contributed by atoms with Gasteiger partial charge in [-0.1, -0.05) is 13.0 Å². The highest BCUT2D eigenvalue weighted by Gasteiger charge is 2.29. The van der Waals surface area contributed by atoms with E-state index in [0.29, 0.717) is 22.6 Å². The molecular formula is C14H21NO3S. The zero-order valence-corrected chi connectivity index (χ0v) is 12.1. The second-order valence-corrected chi connectivity index (χ2v) is 6.52. The number of carboxylic acids is 1. The summed E-state index contributed by atoms with van der Waals surface area (Å²) in [4.78, 5) is 25.1. The van der Waals surface area contributed by atoms with Crippen molar-refractivity contribution in [1.29, 1.82) is 0 Å². The topological polar surface area (TPSA) is 57.6 Å². The summed E-state index contributed by atoms with van der Waals surface area (Å²) in [5.41, 5.74) is 0. The molecule has 0 aromatic heterocycles. The van der Waals surface area contributed by atoms with Crippen molar-refractivity contribution in [2.24, 2.45) is 0 Å². The van der Waals surface area contributed by atoms with Gasteiger partial charge in [0.2, 0.25) is 5.91 Å². The van der Waals surface area contributed by atoms with Crippen LogP contribution in [-0.4, -0.2) is 39.7 Å². The maximum absolute atomic E-state index is 11.7. The Balaban J connectivity index is 1.70. The number of amides is 1. The normalized spacial score (nSPS) is 26.9. The second kappa shape index (κ2) is 6.46. The van der Waals surface area contributed by atoms with Crippen LogP contribution < -0.4 is 0 Å². The fourth-order valence-electron chi connectivity index (χ4n) is 2.84. The van der Waals surface area contributed by atoms with Crippen molar-refractivity contribution in [2.75, 3.05) is 6.54 Å². The first-order chi connectivity index (χ1) is 9.11. The summed E-state index contributed by atoms with van der Waals surface area (Å²) >= 11 is 1.47. The Labute approximate surface area is 118 Å². The van der Waals surface area contributed by atoms with E-state index < -0.39 is 5.97 Å². The summed E-state index contributed by atoms with van der Waals surface area (Å²) < 4.78 is 0. The number of thioether (sulfide) groups is 1. The molecular weight excluding hydrogens is 262 g/mol. The first-order valence-corrected chi connectivity index (χ1v) is 7.89. The van der Waals surface area contributed by atoms with Gasteiger partial charge in [-0.05, 0) is 32.1 Å². The maximum atomic E-state index is 11.7. The van der Waals surface area contributed by atoms with Gasteiger partial charge in [-0.15, -0.1) is 11.8 Å². The molecule has 19 heavy (non-hydrogen) atoms. The van der Waals surface area contributed by atoms with Crippen LogP contribution in [0.4, 0.5) is 0 Å². The number of likely N-dealkylation sites (tertiary alicyclic amines) is 1. The molecule has 0 radical (unpaired) electrons. The molecule has 2 rings (SSSR count). The summed E-state index contributed by atoms with van der Waals surface area (Å²) in [5, 5.41) is 9.27. The van der Waals surface area contributed by atoms with Crippen molar-refractivity contribution in [3.8, 4) is 0 Å². The Hall–Kier alpha value is -0.970.